The van der Waals surface area contributed by atoms with Crippen molar-refractivity contribution in [3.8, 4) is 0 Å². The fourth-order valence-electron chi connectivity index (χ4n) is 3.36. The Bertz CT molecular complexity index is 793. The molecule has 1 aliphatic carbocycles. The molecule has 1 nitrogen and oxygen atoms in total. The van der Waals surface area contributed by atoms with Gasteiger partial charge in [-0.1, -0.05) is 73.0 Å². The molecule has 0 N–H and O–H groups in total. The number of rotatable bonds is 5. The maximum absolute atomic E-state index is 4.69. The van der Waals surface area contributed by atoms with Crippen molar-refractivity contribution in [1.29, 1.82) is 0 Å². The quantitative estimate of drug-likeness (QED) is 0.471. The molecule has 0 saturated carbocycles. The lowest BCUT2D eigenvalue weighted by atomic mass is 9.88. The first-order valence-electron chi connectivity index (χ1n) is 8.58. The average Bonchev–Trinajstić information content (AvgIpc) is 2.89. The van der Waals surface area contributed by atoms with Gasteiger partial charge in [-0.2, -0.15) is 0 Å². The molecule has 23 heavy (non-hydrogen) atoms. The van der Waals surface area contributed by atoms with Gasteiger partial charge in [-0.3, -0.25) is 4.99 Å². The lowest BCUT2D eigenvalue weighted by molar-refractivity contribution is 0.810. The molecule has 0 radical (unpaired) electrons. The molecular weight excluding hydrogens is 278 g/mol. The zero-order valence-corrected chi connectivity index (χ0v) is 14.3. The van der Waals surface area contributed by atoms with Gasteiger partial charge in [0.05, 0.1) is 0 Å². The number of unbranched alkanes of at least 4 members (excludes halogenated alkanes) is 1. The first-order valence-corrected chi connectivity index (χ1v) is 8.58. The molecule has 1 aliphatic rings. The minimum Gasteiger partial charge on any atom is -0.293 e. The summed E-state index contributed by atoms with van der Waals surface area (Å²) < 4.78 is 0. The van der Waals surface area contributed by atoms with Crippen molar-refractivity contribution < 1.29 is 0 Å². The van der Waals surface area contributed by atoms with Crippen LogP contribution in [-0.4, -0.2) is 12.8 Å². The third-order valence-corrected chi connectivity index (χ3v) is 4.58. The minimum atomic E-state index is 0.382. The first kappa shape index (κ1) is 15.7. The minimum absolute atomic E-state index is 0.382. The van der Waals surface area contributed by atoms with Gasteiger partial charge in [0.15, 0.2) is 0 Å². The Morgan fingerprint density at radius 2 is 1.91 bits per heavy atom. The molecule has 0 fully saturated rings. The fourth-order valence-corrected chi connectivity index (χ4v) is 3.36. The molecule has 1 unspecified atom stereocenters. The summed E-state index contributed by atoms with van der Waals surface area (Å²) in [6, 6.07) is 13.1. The van der Waals surface area contributed by atoms with E-state index in [1.54, 1.807) is 0 Å². The van der Waals surface area contributed by atoms with E-state index in [9.17, 15) is 0 Å². The van der Waals surface area contributed by atoms with Gasteiger partial charge in [-0.15, -0.1) is 0 Å². The van der Waals surface area contributed by atoms with E-state index in [0.29, 0.717) is 5.92 Å². The largest absolute Gasteiger partial charge is 0.293 e. The Balaban J connectivity index is 2.10. The van der Waals surface area contributed by atoms with E-state index < -0.39 is 0 Å². The Hall–Kier alpha value is -2.15. The fraction of sp³-hybridized carbons (Fsp3) is 0.318. The van der Waals surface area contributed by atoms with E-state index in [-0.39, 0.29) is 0 Å². The number of hydrogen-bond donors (Lipinski definition) is 0. The van der Waals surface area contributed by atoms with Crippen LogP contribution >= 0.6 is 0 Å². The van der Waals surface area contributed by atoms with Crippen LogP contribution in [0.15, 0.2) is 64.7 Å². The summed E-state index contributed by atoms with van der Waals surface area (Å²) in [4.78, 5) is 4.69. The number of hydrogen-bond acceptors (Lipinski definition) is 1. The maximum atomic E-state index is 4.69. The van der Waals surface area contributed by atoms with Crippen LogP contribution in [0.1, 0.15) is 50.7 Å². The van der Waals surface area contributed by atoms with Crippen molar-refractivity contribution in [3.05, 3.63) is 70.8 Å². The Kier molecular flexibility index (Phi) is 4.76. The highest BCUT2D eigenvalue weighted by Gasteiger charge is 2.19. The molecule has 0 heterocycles. The van der Waals surface area contributed by atoms with Crippen molar-refractivity contribution >= 4 is 17.0 Å². The third kappa shape index (κ3) is 3.29. The summed E-state index contributed by atoms with van der Waals surface area (Å²) >= 11 is 0. The van der Waals surface area contributed by atoms with Gasteiger partial charge < -0.3 is 0 Å². The smallest absolute Gasteiger partial charge is 0.0389 e. The SMILES string of the molecule is CCCCN=Cc1c(C2C=C(C)C=C2C)ccc2ccccc12. The van der Waals surface area contributed by atoms with Crippen molar-refractivity contribution in [2.45, 2.75) is 39.5 Å². The molecule has 0 aliphatic heterocycles. The second-order valence-corrected chi connectivity index (χ2v) is 6.46. The van der Waals surface area contributed by atoms with Gasteiger partial charge >= 0.3 is 0 Å². The van der Waals surface area contributed by atoms with Crippen LogP contribution in [0.5, 0.6) is 0 Å². The molecular formula is C22H25N. The molecule has 118 valence electrons. The molecule has 1 heteroatoms. The lowest BCUT2D eigenvalue weighted by Crippen LogP contribution is -2.01. The Morgan fingerprint density at radius 1 is 1.09 bits per heavy atom. The normalized spacial score (nSPS) is 17.8. The van der Waals surface area contributed by atoms with Gasteiger partial charge in [0.2, 0.25) is 0 Å². The second kappa shape index (κ2) is 6.95. The second-order valence-electron chi connectivity index (χ2n) is 6.46. The number of nitrogens with zero attached hydrogens (tertiary/aromatic N) is 1. The van der Waals surface area contributed by atoms with Gasteiger partial charge in [-0.05, 0) is 36.6 Å². The highest BCUT2D eigenvalue weighted by atomic mass is 14.7. The monoisotopic (exact) mass is 303 g/mol. The predicted molar refractivity (Wildman–Crippen MR) is 102 cm³/mol. The zero-order chi connectivity index (χ0) is 16.2. The van der Waals surface area contributed by atoms with Crippen molar-refractivity contribution in [3.63, 3.8) is 0 Å². The maximum Gasteiger partial charge on any atom is 0.0389 e. The molecule has 0 spiro atoms. The van der Waals surface area contributed by atoms with Crippen LogP contribution in [0.3, 0.4) is 0 Å². The van der Waals surface area contributed by atoms with Crippen molar-refractivity contribution in [1.82, 2.24) is 0 Å². The van der Waals surface area contributed by atoms with E-state index in [1.807, 2.05) is 0 Å². The van der Waals surface area contributed by atoms with E-state index >= 15 is 0 Å². The average molecular weight is 303 g/mol. The molecule has 2 aromatic carbocycles. The van der Waals surface area contributed by atoms with E-state index in [0.717, 1.165) is 13.0 Å². The van der Waals surface area contributed by atoms with Gasteiger partial charge in [0.1, 0.15) is 0 Å². The predicted octanol–water partition coefficient (Wildman–Crippen LogP) is 6.05. The van der Waals surface area contributed by atoms with Crippen LogP contribution in [-0.2, 0) is 0 Å². The van der Waals surface area contributed by atoms with E-state index in [4.69, 9.17) is 4.99 Å². The molecule has 3 rings (SSSR count). The molecule has 2 aromatic rings. The van der Waals surface area contributed by atoms with Crippen molar-refractivity contribution in [2.75, 3.05) is 6.54 Å². The molecule has 0 bridgehead atoms. The van der Waals surface area contributed by atoms with Crippen LogP contribution in [0.2, 0.25) is 0 Å². The standard InChI is InChI=1S/C22H25N/c1-4-5-12-23-15-22-19-9-7-6-8-18(19)10-11-20(22)21-14-16(2)13-17(21)3/h6-11,13-15,21H,4-5,12H2,1-3H3. The van der Waals surface area contributed by atoms with Crippen LogP contribution in [0, 0.1) is 0 Å². The summed E-state index contributed by atoms with van der Waals surface area (Å²) in [6.45, 7) is 7.52. The summed E-state index contributed by atoms with van der Waals surface area (Å²) in [7, 11) is 0. The lowest BCUT2D eigenvalue weighted by Gasteiger charge is -2.16. The van der Waals surface area contributed by atoms with Crippen LogP contribution in [0.4, 0.5) is 0 Å². The number of fused-ring (bicyclic) bond motifs is 1. The Labute approximate surface area is 139 Å². The van der Waals surface area contributed by atoms with E-state index in [1.165, 1.54) is 39.5 Å². The highest BCUT2D eigenvalue weighted by molar-refractivity contribution is 6.01. The van der Waals surface area contributed by atoms with Gasteiger partial charge in [0.25, 0.3) is 0 Å². The Morgan fingerprint density at radius 3 is 2.65 bits per heavy atom. The molecule has 0 saturated heterocycles. The molecule has 0 aromatic heterocycles. The number of benzene rings is 2. The first-order chi connectivity index (χ1) is 11.2. The summed E-state index contributed by atoms with van der Waals surface area (Å²) in [5, 5.41) is 2.59. The van der Waals surface area contributed by atoms with Crippen LogP contribution < -0.4 is 0 Å². The number of aliphatic imine (C=N–C) groups is 1. The molecule has 1 atom stereocenters. The van der Waals surface area contributed by atoms with Crippen LogP contribution in [0.25, 0.3) is 10.8 Å². The van der Waals surface area contributed by atoms with Crippen molar-refractivity contribution in [2.24, 2.45) is 4.99 Å². The zero-order valence-electron chi connectivity index (χ0n) is 14.3. The topological polar surface area (TPSA) is 12.4 Å². The highest BCUT2D eigenvalue weighted by Crippen LogP contribution is 2.36. The number of allylic oxidation sites excluding steroid dienone is 4. The summed E-state index contributed by atoms with van der Waals surface area (Å²) in [6.07, 6.45) is 9.09. The molecule has 0 amide bonds. The summed E-state index contributed by atoms with van der Waals surface area (Å²) in [5.41, 5.74) is 5.42. The van der Waals surface area contributed by atoms with E-state index in [2.05, 4.69) is 75.5 Å². The van der Waals surface area contributed by atoms with Gasteiger partial charge in [0, 0.05) is 24.2 Å². The summed E-state index contributed by atoms with van der Waals surface area (Å²) in [5.74, 6) is 0.382. The third-order valence-electron chi connectivity index (χ3n) is 4.58. The van der Waals surface area contributed by atoms with Gasteiger partial charge in [-0.25, -0.2) is 0 Å².